The summed E-state index contributed by atoms with van der Waals surface area (Å²) in [5, 5.41) is 9.92. The number of unbranched alkanes of at least 4 members (excludes halogenated alkanes) is 2. The molecule has 1 heterocycles. The summed E-state index contributed by atoms with van der Waals surface area (Å²) in [6.07, 6.45) is 4.12. The average Bonchev–Trinajstić information content (AvgIpc) is 2.45. The zero-order valence-electron chi connectivity index (χ0n) is 8.72. The molecule has 0 bridgehead atoms. The van der Waals surface area contributed by atoms with E-state index in [2.05, 4.69) is 35.8 Å². The van der Waals surface area contributed by atoms with Crippen molar-refractivity contribution in [2.24, 2.45) is 0 Å². The van der Waals surface area contributed by atoms with Gasteiger partial charge in [-0.1, -0.05) is 26.2 Å². The van der Waals surface area contributed by atoms with Crippen molar-refractivity contribution in [3.63, 3.8) is 0 Å². The Morgan fingerprint density at radius 1 is 1.50 bits per heavy atom. The van der Waals surface area contributed by atoms with Gasteiger partial charge in [-0.3, -0.25) is 0 Å². The fourth-order valence-corrected chi connectivity index (χ4v) is 3.38. The van der Waals surface area contributed by atoms with Gasteiger partial charge in [0.05, 0.1) is 6.10 Å². The SMILES string of the molecule is CCCCCC(O)c1sc(C)cc1Br. The minimum absolute atomic E-state index is 0.283. The van der Waals surface area contributed by atoms with E-state index < -0.39 is 0 Å². The second kappa shape index (κ2) is 5.89. The summed E-state index contributed by atoms with van der Waals surface area (Å²) in [6.45, 7) is 4.25. The van der Waals surface area contributed by atoms with Gasteiger partial charge < -0.3 is 5.11 Å². The van der Waals surface area contributed by atoms with E-state index in [0.29, 0.717) is 0 Å². The Morgan fingerprint density at radius 3 is 2.71 bits per heavy atom. The van der Waals surface area contributed by atoms with E-state index in [4.69, 9.17) is 0 Å². The second-order valence-electron chi connectivity index (χ2n) is 3.58. The zero-order valence-corrected chi connectivity index (χ0v) is 11.1. The third-order valence-electron chi connectivity index (χ3n) is 2.22. The molecule has 3 heteroatoms. The molecule has 1 nitrogen and oxygen atoms in total. The molecule has 0 saturated carbocycles. The van der Waals surface area contributed by atoms with Gasteiger partial charge in [0.15, 0.2) is 0 Å². The summed E-state index contributed by atoms with van der Waals surface area (Å²) in [6, 6.07) is 2.07. The summed E-state index contributed by atoms with van der Waals surface area (Å²) in [5.74, 6) is 0. The summed E-state index contributed by atoms with van der Waals surface area (Å²) < 4.78 is 1.06. The number of hydrogen-bond donors (Lipinski definition) is 1. The molecule has 0 fully saturated rings. The topological polar surface area (TPSA) is 20.2 Å². The minimum Gasteiger partial charge on any atom is -0.388 e. The Kier molecular flexibility index (Phi) is 5.13. The van der Waals surface area contributed by atoms with Gasteiger partial charge in [-0.2, -0.15) is 0 Å². The van der Waals surface area contributed by atoms with E-state index in [-0.39, 0.29) is 6.10 Å². The van der Waals surface area contributed by atoms with Crippen molar-refractivity contribution in [3.8, 4) is 0 Å². The maximum absolute atomic E-state index is 9.92. The van der Waals surface area contributed by atoms with Crippen LogP contribution in [0.4, 0.5) is 0 Å². The average molecular weight is 277 g/mol. The molecule has 0 radical (unpaired) electrons. The van der Waals surface area contributed by atoms with E-state index in [1.165, 1.54) is 17.7 Å². The normalized spacial score (nSPS) is 13.1. The maximum atomic E-state index is 9.92. The summed E-state index contributed by atoms with van der Waals surface area (Å²) >= 11 is 5.16. The van der Waals surface area contributed by atoms with Gasteiger partial charge in [0.1, 0.15) is 0 Å². The summed E-state index contributed by atoms with van der Waals surface area (Å²) in [5.41, 5.74) is 0. The summed E-state index contributed by atoms with van der Waals surface area (Å²) in [7, 11) is 0. The molecule has 1 N–H and O–H groups in total. The predicted molar refractivity (Wildman–Crippen MR) is 65.9 cm³/mol. The highest BCUT2D eigenvalue weighted by atomic mass is 79.9. The van der Waals surface area contributed by atoms with E-state index in [1.54, 1.807) is 11.3 Å². The van der Waals surface area contributed by atoms with Crippen LogP contribution in [0.5, 0.6) is 0 Å². The first kappa shape index (κ1) is 12.2. The van der Waals surface area contributed by atoms with Crippen LogP contribution < -0.4 is 0 Å². The zero-order chi connectivity index (χ0) is 10.6. The maximum Gasteiger partial charge on any atom is 0.0893 e. The Hall–Kier alpha value is 0.140. The Labute approximate surface area is 98.3 Å². The molecule has 0 saturated heterocycles. The Balaban J connectivity index is 2.51. The lowest BCUT2D eigenvalue weighted by atomic mass is 10.1. The van der Waals surface area contributed by atoms with Crippen LogP contribution in [-0.4, -0.2) is 5.11 Å². The molecule has 0 aliphatic heterocycles. The second-order valence-corrected chi connectivity index (χ2v) is 5.72. The number of aliphatic hydroxyl groups is 1. The number of hydrogen-bond acceptors (Lipinski definition) is 2. The van der Waals surface area contributed by atoms with E-state index in [0.717, 1.165) is 22.2 Å². The van der Waals surface area contributed by atoms with Crippen molar-refractivity contribution < 1.29 is 5.11 Å². The van der Waals surface area contributed by atoms with Crippen LogP contribution >= 0.6 is 27.3 Å². The van der Waals surface area contributed by atoms with Crippen molar-refractivity contribution in [2.75, 3.05) is 0 Å². The summed E-state index contributed by atoms with van der Waals surface area (Å²) in [4.78, 5) is 2.33. The standard InChI is InChI=1S/C11H17BrOS/c1-3-4-5-6-10(13)11-9(12)7-8(2)14-11/h7,10,13H,3-6H2,1-2H3. The molecule has 80 valence electrons. The van der Waals surface area contributed by atoms with Gasteiger partial charge >= 0.3 is 0 Å². The third kappa shape index (κ3) is 3.37. The highest BCUT2D eigenvalue weighted by Crippen LogP contribution is 2.34. The van der Waals surface area contributed by atoms with E-state index >= 15 is 0 Å². The molecular weight excluding hydrogens is 260 g/mol. The molecule has 0 amide bonds. The molecular formula is C11H17BrOS. The first-order valence-electron chi connectivity index (χ1n) is 5.09. The highest BCUT2D eigenvalue weighted by molar-refractivity contribution is 9.10. The first-order valence-corrected chi connectivity index (χ1v) is 6.70. The van der Waals surface area contributed by atoms with Crippen LogP contribution in [0.25, 0.3) is 0 Å². The Bertz CT molecular complexity index is 283. The van der Waals surface area contributed by atoms with Crippen molar-refractivity contribution in [1.82, 2.24) is 0 Å². The van der Waals surface area contributed by atoms with Gasteiger partial charge in [0.2, 0.25) is 0 Å². The van der Waals surface area contributed by atoms with Gasteiger partial charge in [-0.05, 0) is 35.3 Å². The molecule has 0 spiro atoms. The lowest BCUT2D eigenvalue weighted by Gasteiger charge is -2.08. The molecule has 1 aromatic rings. The Morgan fingerprint density at radius 2 is 2.21 bits per heavy atom. The van der Waals surface area contributed by atoms with Crippen molar-refractivity contribution >= 4 is 27.3 Å². The van der Waals surface area contributed by atoms with E-state index in [9.17, 15) is 5.11 Å². The number of halogens is 1. The van der Waals surface area contributed by atoms with Crippen LogP contribution in [0.3, 0.4) is 0 Å². The molecule has 1 atom stereocenters. The van der Waals surface area contributed by atoms with Crippen LogP contribution in [0, 0.1) is 6.92 Å². The minimum atomic E-state index is -0.283. The molecule has 1 aromatic heterocycles. The quantitative estimate of drug-likeness (QED) is 0.789. The van der Waals surface area contributed by atoms with Crippen molar-refractivity contribution in [2.45, 2.75) is 45.6 Å². The lowest BCUT2D eigenvalue weighted by molar-refractivity contribution is 0.166. The van der Waals surface area contributed by atoms with Gasteiger partial charge in [0, 0.05) is 14.2 Å². The van der Waals surface area contributed by atoms with Crippen LogP contribution in [0.1, 0.15) is 48.5 Å². The number of thiophene rings is 1. The van der Waals surface area contributed by atoms with Crippen molar-refractivity contribution in [1.29, 1.82) is 0 Å². The van der Waals surface area contributed by atoms with Crippen LogP contribution in [0.2, 0.25) is 0 Å². The third-order valence-corrected chi connectivity index (χ3v) is 4.29. The monoisotopic (exact) mass is 276 g/mol. The smallest absolute Gasteiger partial charge is 0.0893 e. The number of aliphatic hydroxyl groups excluding tert-OH is 1. The molecule has 1 rings (SSSR count). The van der Waals surface area contributed by atoms with Crippen LogP contribution in [-0.2, 0) is 0 Å². The largest absolute Gasteiger partial charge is 0.388 e. The van der Waals surface area contributed by atoms with Gasteiger partial charge in [0.25, 0.3) is 0 Å². The molecule has 0 aromatic carbocycles. The van der Waals surface area contributed by atoms with Gasteiger partial charge in [-0.15, -0.1) is 11.3 Å². The van der Waals surface area contributed by atoms with Crippen LogP contribution in [0.15, 0.2) is 10.5 Å². The fraction of sp³-hybridized carbons (Fsp3) is 0.636. The predicted octanol–water partition coefficient (Wildman–Crippen LogP) is 4.43. The van der Waals surface area contributed by atoms with Gasteiger partial charge in [-0.25, -0.2) is 0 Å². The lowest BCUT2D eigenvalue weighted by Crippen LogP contribution is -1.94. The highest BCUT2D eigenvalue weighted by Gasteiger charge is 2.13. The molecule has 0 aliphatic carbocycles. The first-order chi connectivity index (χ1) is 6.65. The molecule has 0 aliphatic rings. The molecule has 1 unspecified atom stereocenters. The van der Waals surface area contributed by atoms with Crippen molar-refractivity contribution in [3.05, 3.63) is 20.3 Å². The molecule has 14 heavy (non-hydrogen) atoms. The fourth-order valence-electron chi connectivity index (χ4n) is 1.45. The number of rotatable bonds is 5. The van der Waals surface area contributed by atoms with E-state index in [1.807, 2.05) is 0 Å². The number of aryl methyl sites for hydroxylation is 1.